The third-order valence-electron chi connectivity index (χ3n) is 6.75. The third kappa shape index (κ3) is 4.15. The Balaban J connectivity index is 1.58. The van der Waals surface area contributed by atoms with Crippen LogP contribution in [0.25, 0.3) is 33.1 Å². The van der Waals surface area contributed by atoms with E-state index >= 15 is 0 Å². The number of hydrogen-bond acceptors (Lipinski definition) is 4. The topological polar surface area (TPSA) is 59.4 Å². The number of pyridine rings is 1. The van der Waals surface area contributed by atoms with Crippen molar-refractivity contribution in [1.29, 1.82) is 0 Å². The predicted molar refractivity (Wildman–Crippen MR) is 148 cm³/mol. The molecule has 2 heterocycles. The van der Waals surface area contributed by atoms with E-state index in [1.807, 2.05) is 66.7 Å². The van der Waals surface area contributed by atoms with Gasteiger partial charge in [-0.2, -0.15) is 0 Å². The Hall–Kier alpha value is -4.32. The number of carbonyl (C=O) groups excluding carboxylic acids is 1. The fourth-order valence-electron chi connectivity index (χ4n) is 4.81. The van der Waals surface area contributed by atoms with Gasteiger partial charge in [0.05, 0.1) is 18.3 Å². The summed E-state index contributed by atoms with van der Waals surface area (Å²) in [6, 6.07) is 25.8. The first-order valence-electron chi connectivity index (χ1n) is 12.2. The molecule has 0 aliphatic heterocycles. The Morgan fingerprint density at radius 2 is 1.64 bits per heavy atom. The molecule has 3 aromatic carbocycles. The molecule has 0 saturated heterocycles. The van der Waals surface area contributed by atoms with Gasteiger partial charge in [-0.05, 0) is 74.5 Å². The summed E-state index contributed by atoms with van der Waals surface area (Å²) in [5, 5.41) is 5.20. The molecule has 0 aliphatic rings. The number of nitrogens with one attached hydrogen (secondary N) is 1. The number of methoxy groups -OCH3 is 1. The standard InChI is InChI=1S/C30H30N4O2/c1-5-34(6-2)22-15-11-21(12-16-22)30(35)32-27-19-25-24-9-7-8-10-26(24)33(3)29(25)28(31-27)20-13-17-23(36-4)18-14-20/h7-19H,5-6H2,1-4H3,(H,31,32,35). The Labute approximate surface area is 211 Å². The minimum atomic E-state index is -0.186. The highest BCUT2D eigenvalue weighted by Crippen LogP contribution is 2.36. The molecule has 0 aliphatic carbocycles. The number of nitrogens with zero attached hydrogens (tertiary/aromatic N) is 3. The SMILES string of the molecule is CCN(CC)c1ccc(C(=O)Nc2cc3c4ccccc4n(C)c3c(-c3ccc(OC)cc3)n2)cc1. The van der Waals surface area contributed by atoms with E-state index in [-0.39, 0.29) is 5.91 Å². The maximum atomic E-state index is 13.2. The van der Waals surface area contributed by atoms with Crippen LogP contribution in [0.3, 0.4) is 0 Å². The van der Waals surface area contributed by atoms with Crippen LogP contribution >= 0.6 is 0 Å². The molecule has 1 amide bonds. The second-order valence-corrected chi connectivity index (χ2v) is 8.73. The third-order valence-corrected chi connectivity index (χ3v) is 6.75. The Morgan fingerprint density at radius 1 is 0.944 bits per heavy atom. The summed E-state index contributed by atoms with van der Waals surface area (Å²) in [7, 11) is 3.70. The van der Waals surface area contributed by atoms with Gasteiger partial charge < -0.3 is 19.5 Å². The molecule has 5 aromatic rings. The molecule has 0 fully saturated rings. The second kappa shape index (κ2) is 9.74. The van der Waals surface area contributed by atoms with Crippen molar-refractivity contribution >= 4 is 39.2 Å². The lowest BCUT2D eigenvalue weighted by Crippen LogP contribution is -2.22. The molecular weight excluding hydrogens is 448 g/mol. The zero-order valence-electron chi connectivity index (χ0n) is 21.1. The minimum Gasteiger partial charge on any atom is -0.497 e. The van der Waals surface area contributed by atoms with Gasteiger partial charge in [-0.1, -0.05) is 18.2 Å². The number of hydrogen-bond donors (Lipinski definition) is 1. The number of ether oxygens (including phenoxy) is 1. The number of rotatable bonds is 7. The summed E-state index contributed by atoms with van der Waals surface area (Å²) < 4.78 is 7.50. The van der Waals surface area contributed by atoms with E-state index in [0.717, 1.165) is 57.6 Å². The van der Waals surface area contributed by atoms with Gasteiger partial charge in [0, 0.05) is 53.2 Å². The van der Waals surface area contributed by atoms with Crippen LogP contribution in [-0.2, 0) is 7.05 Å². The maximum absolute atomic E-state index is 13.2. The number of benzene rings is 3. The lowest BCUT2D eigenvalue weighted by molar-refractivity contribution is 0.102. The zero-order chi connectivity index (χ0) is 25.2. The highest BCUT2D eigenvalue weighted by atomic mass is 16.5. The number of carbonyl (C=O) groups is 1. The Kier molecular flexibility index (Phi) is 6.34. The molecule has 2 aromatic heterocycles. The van der Waals surface area contributed by atoms with E-state index in [4.69, 9.17) is 9.72 Å². The minimum absolute atomic E-state index is 0.186. The van der Waals surface area contributed by atoms with Crippen LogP contribution in [0.1, 0.15) is 24.2 Å². The Morgan fingerprint density at radius 3 is 2.31 bits per heavy atom. The molecule has 5 rings (SSSR count). The first kappa shape index (κ1) is 23.4. The summed E-state index contributed by atoms with van der Waals surface area (Å²) in [4.78, 5) is 20.4. The van der Waals surface area contributed by atoms with E-state index in [1.54, 1.807) is 7.11 Å². The van der Waals surface area contributed by atoms with E-state index in [2.05, 4.69) is 47.8 Å². The number of fused-ring (bicyclic) bond motifs is 3. The first-order valence-corrected chi connectivity index (χ1v) is 12.2. The van der Waals surface area contributed by atoms with Crippen LogP contribution in [0, 0.1) is 0 Å². The van der Waals surface area contributed by atoms with Crippen molar-refractivity contribution in [2.24, 2.45) is 7.05 Å². The molecule has 36 heavy (non-hydrogen) atoms. The molecule has 0 radical (unpaired) electrons. The van der Waals surface area contributed by atoms with Crippen molar-refractivity contribution in [1.82, 2.24) is 9.55 Å². The molecule has 0 unspecified atom stereocenters. The zero-order valence-corrected chi connectivity index (χ0v) is 21.1. The van der Waals surface area contributed by atoms with Crippen molar-refractivity contribution in [3.8, 4) is 17.0 Å². The van der Waals surface area contributed by atoms with Gasteiger partial charge in [-0.3, -0.25) is 4.79 Å². The van der Waals surface area contributed by atoms with E-state index < -0.39 is 0 Å². The Bertz CT molecular complexity index is 1530. The molecule has 1 N–H and O–H groups in total. The molecule has 0 spiro atoms. The van der Waals surface area contributed by atoms with Gasteiger partial charge in [-0.25, -0.2) is 4.98 Å². The molecule has 6 nitrogen and oxygen atoms in total. The monoisotopic (exact) mass is 478 g/mol. The van der Waals surface area contributed by atoms with Crippen molar-refractivity contribution in [3.05, 3.63) is 84.4 Å². The van der Waals surface area contributed by atoms with Crippen molar-refractivity contribution < 1.29 is 9.53 Å². The van der Waals surface area contributed by atoms with Crippen molar-refractivity contribution in [2.45, 2.75) is 13.8 Å². The van der Waals surface area contributed by atoms with Crippen molar-refractivity contribution in [2.75, 3.05) is 30.4 Å². The summed E-state index contributed by atoms with van der Waals surface area (Å²) in [6.45, 7) is 6.09. The van der Waals surface area contributed by atoms with Crippen LogP contribution in [-0.4, -0.2) is 35.7 Å². The number of amides is 1. The lowest BCUT2D eigenvalue weighted by Gasteiger charge is -2.21. The van der Waals surface area contributed by atoms with Gasteiger partial charge in [0.25, 0.3) is 5.91 Å². The van der Waals surface area contributed by atoms with Gasteiger partial charge >= 0.3 is 0 Å². The quantitative estimate of drug-likeness (QED) is 0.290. The van der Waals surface area contributed by atoms with Gasteiger partial charge in [-0.15, -0.1) is 0 Å². The number of aromatic nitrogens is 2. The number of para-hydroxylation sites is 1. The molecular formula is C30H30N4O2. The molecule has 0 atom stereocenters. The molecule has 182 valence electrons. The van der Waals surface area contributed by atoms with Crippen LogP contribution in [0.5, 0.6) is 5.75 Å². The normalized spacial score (nSPS) is 11.1. The molecule has 6 heteroatoms. The summed E-state index contributed by atoms with van der Waals surface area (Å²) >= 11 is 0. The van der Waals surface area contributed by atoms with Crippen molar-refractivity contribution in [3.63, 3.8) is 0 Å². The maximum Gasteiger partial charge on any atom is 0.256 e. The average molecular weight is 479 g/mol. The number of anilines is 2. The van der Waals surface area contributed by atoms with Crippen LogP contribution in [0.4, 0.5) is 11.5 Å². The van der Waals surface area contributed by atoms with Crippen LogP contribution in [0.2, 0.25) is 0 Å². The fraction of sp³-hybridized carbons (Fsp3) is 0.200. The summed E-state index contributed by atoms with van der Waals surface area (Å²) in [5.41, 5.74) is 5.58. The van der Waals surface area contributed by atoms with E-state index in [1.165, 1.54) is 0 Å². The lowest BCUT2D eigenvalue weighted by atomic mass is 10.1. The molecule has 0 bridgehead atoms. The van der Waals surface area contributed by atoms with Gasteiger partial charge in [0.15, 0.2) is 0 Å². The highest BCUT2D eigenvalue weighted by Gasteiger charge is 2.18. The van der Waals surface area contributed by atoms with Gasteiger partial charge in [0.1, 0.15) is 11.6 Å². The first-order chi connectivity index (χ1) is 17.5. The van der Waals surface area contributed by atoms with Crippen LogP contribution < -0.4 is 15.0 Å². The molecule has 0 saturated carbocycles. The van der Waals surface area contributed by atoms with E-state index in [0.29, 0.717) is 11.4 Å². The van der Waals surface area contributed by atoms with Gasteiger partial charge in [0.2, 0.25) is 0 Å². The fourth-order valence-corrected chi connectivity index (χ4v) is 4.81. The number of aryl methyl sites for hydroxylation is 1. The predicted octanol–water partition coefficient (Wildman–Crippen LogP) is 6.50. The van der Waals surface area contributed by atoms with E-state index in [9.17, 15) is 4.79 Å². The van der Waals surface area contributed by atoms with Crippen LogP contribution in [0.15, 0.2) is 78.9 Å². The second-order valence-electron chi connectivity index (χ2n) is 8.73. The smallest absolute Gasteiger partial charge is 0.256 e. The summed E-state index contributed by atoms with van der Waals surface area (Å²) in [6.07, 6.45) is 0. The largest absolute Gasteiger partial charge is 0.497 e. The average Bonchev–Trinajstić information content (AvgIpc) is 3.21. The highest BCUT2D eigenvalue weighted by molar-refractivity contribution is 6.14. The summed E-state index contributed by atoms with van der Waals surface area (Å²) in [5.74, 6) is 1.11.